The Balaban J connectivity index is 1.41. The van der Waals surface area contributed by atoms with Gasteiger partial charge < -0.3 is 15.1 Å². The minimum atomic E-state index is 0.287. The van der Waals surface area contributed by atoms with Gasteiger partial charge in [0.1, 0.15) is 0 Å². The molecule has 1 atom stereocenters. The highest BCUT2D eigenvalue weighted by atomic mass is 16.2. The summed E-state index contributed by atoms with van der Waals surface area (Å²) in [6.45, 7) is 3.81. The van der Waals surface area contributed by atoms with E-state index in [1.54, 1.807) is 0 Å². The topological polar surface area (TPSA) is 35.6 Å². The zero-order valence-corrected chi connectivity index (χ0v) is 11.9. The van der Waals surface area contributed by atoms with Crippen molar-refractivity contribution in [3.8, 4) is 0 Å². The van der Waals surface area contributed by atoms with Gasteiger partial charge in [0, 0.05) is 32.2 Å². The molecule has 0 aromatic rings. The highest BCUT2D eigenvalue weighted by Crippen LogP contribution is 2.25. The van der Waals surface area contributed by atoms with Crippen molar-refractivity contribution >= 4 is 6.03 Å². The molecule has 2 saturated heterocycles. The van der Waals surface area contributed by atoms with Gasteiger partial charge in [0.2, 0.25) is 0 Å². The van der Waals surface area contributed by atoms with Crippen molar-refractivity contribution in [2.45, 2.75) is 63.5 Å². The molecule has 2 amide bonds. The number of nitrogens with one attached hydrogen (secondary N) is 1. The predicted molar refractivity (Wildman–Crippen MR) is 76.2 cm³/mol. The number of hydrogen-bond donors (Lipinski definition) is 1. The first-order valence-electron chi connectivity index (χ1n) is 8.13. The number of fused-ring (bicyclic) bond motifs is 1. The lowest BCUT2D eigenvalue weighted by Crippen LogP contribution is -2.40. The van der Waals surface area contributed by atoms with E-state index in [-0.39, 0.29) is 6.03 Å². The molecule has 4 nitrogen and oxygen atoms in total. The second-order valence-electron chi connectivity index (χ2n) is 6.36. The smallest absolute Gasteiger partial charge is 0.320 e. The lowest BCUT2D eigenvalue weighted by Gasteiger charge is -2.27. The monoisotopic (exact) mass is 265 g/mol. The second-order valence-corrected chi connectivity index (χ2v) is 6.36. The van der Waals surface area contributed by atoms with Crippen LogP contribution in [0, 0.1) is 0 Å². The molecule has 0 aromatic carbocycles. The van der Waals surface area contributed by atoms with E-state index in [2.05, 4.69) is 15.1 Å². The Morgan fingerprint density at radius 3 is 2.63 bits per heavy atom. The molecule has 0 spiro atoms. The number of hydrogen-bond acceptors (Lipinski definition) is 2. The van der Waals surface area contributed by atoms with Crippen LogP contribution in [-0.4, -0.2) is 54.1 Å². The molecule has 0 bridgehead atoms. The molecule has 4 heteroatoms. The van der Waals surface area contributed by atoms with Gasteiger partial charge in [-0.05, 0) is 32.1 Å². The lowest BCUT2D eigenvalue weighted by molar-refractivity contribution is 0.175. The highest BCUT2D eigenvalue weighted by Gasteiger charge is 2.37. The minimum Gasteiger partial charge on any atom is -0.321 e. The number of amides is 2. The fraction of sp³-hybridized carbons (Fsp3) is 0.933. The molecule has 0 aromatic heterocycles. The average Bonchev–Trinajstić information content (AvgIpc) is 2.78. The van der Waals surface area contributed by atoms with Crippen LogP contribution in [-0.2, 0) is 0 Å². The molecule has 108 valence electrons. The standard InChI is InChI=1S/C15H27N3O/c19-15-17(12-14-8-4-5-10-18(14)15)11-9-16-13-6-2-1-3-7-13/h13-14,16H,1-12H2. The Morgan fingerprint density at radius 1 is 1.05 bits per heavy atom. The van der Waals surface area contributed by atoms with Crippen LogP contribution >= 0.6 is 0 Å². The van der Waals surface area contributed by atoms with E-state index in [1.807, 2.05) is 0 Å². The zero-order chi connectivity index (χ0) is 13.1. The van der Waals surface area contributed by atoms with Gasteiger partial charge >= 0.3 is 6.03 Å². The summed E-state index contributed by atoms with van der Waals surface area (Å²) in [5.41, 5.74) is 0. The normalized spacial score (nSPS) is 28.8. The zero-order valence-electron chi connectivity index (χ0n) is 11.9. The lowest BCUT2D eigenvalue weighted by atomic mass is 9.95. The molecule has 3 rings (SSSR count). The van der Waals surface area contributed by atoms with Crippen LogP contribution in [0.15, 0.2) is 0 Å². The largest absolute Gasteiger partial charge is 0.321 e. The van der Waals surface area contributed by atoms with Gasteiger partial charge in [-0.15, -0.1) is 0 Å². The number of carbonyl (C=O) groups is 1. The third kappa shape index (κ3) is 3.04. The number of carbonyl (C=O) groups excluding carboxylic acids is 1. The van der Waals surface area contributed by atoms with Crippen LogP contribution in [0.4, 0.5) is 4.79 Å². The summed E-state index contributed by atoms with van der Waals surface area (Å²) in [6.07, 6.45) is 10.5. The maximum atomic E-state index is 12.2. The Bertz CT molecular complexity index is 315. The third-order valence-corrected chi connectivity index (χ3v) is 4.99. The van der Waals surface area contributed by atoms with E-state index in [4.69, 9.17) is 0 Å². The van der Waals surface area contributed by atoms with Gasteiger partial charge in [-0.1, -0.05) is 19.3 Å². The first kappa shape index (κ1) is 13.2. The number of urea groups is 1. The van der Waals surface area contributed by atoms with Crippen LogP contribution in [0.25, 0.3) is 0 Å². The Hall–Kier alpha value is -0.770. The van der Waals surface area contributed by atoms with Crippen molar-refractivity contribution < 1.29 is 4.79 Å². The van der Waals surface area contributed by atoms with Crippen molar-refractivity contribution in [2.24, 2.45) is 0 Å². The Labute approximate surface area is 116 Å². The molecule has 0 radical (unpaired) electrons. The molecular weight excluding hydrogens is 238 g/mol. The van der Waals surface area contributed by atoms with E-state index in [1.165, 1.54) is 51.4 Å². The summed E-state index contributed by atoms with van der Waals surface area (Å²) in [4.78, 5) is 16.4. The molecule has 3 fully saturated rings. The summed E-state index contributed by atoms with van der Waals surface area (Å²) in [6, 6.07) is 1.50. The maximum Gasteiger partial charge on any atom is 0.320 e. The number of piperidine rings is 1. The SMILES string of the molecule is O=C1N(CCNC2CCCCC2)CC2CCCCN12. The second kappa shape index (κ2) is 6.12. The molecule has 1 N–H and O–H groups in total. The third-order valence-electron chi connectivity index (χ3n) is 4.99. The van der Waals surface area contributed by atoms with Gasteiger partial charge in [-0.2, -0.15) is 0 Å². The Kier molecular flexibility index (Phi) is 4.26. The van der Waals surface area contributed by atoms with Crippen molar-refractivity contribution in [1.82, 2.24) is 15.1 Å². The predicted octanol–water partition coefficient (Wildman–Crippen LogP) is 2.20. The Morgan fingerprint density at radius 2 is 1.84 bits per heavy atom. The fourth-order valence-electron chi connectivity index (χ4n) is 3.85. The van der Waals surface area contributed by atoms with Crippen molar-refractivity contribution in [3.63, 3.8) is 0 Å². The van der Waals surface area contributed by atoms with E-state index in [0.717, 1.165) is 26.2 Å². The summed E-state index contributed by atoms with van der Waals surface area (Å²) < 4.78 is 0. The molecule has 3 aliphatic rings. The minimum absolute atomic E-state index is 0.287. The van der Waals surface area contributed by atoms with Crippen molar-refractivity contribution in [2.75, 3.05) is 26.2 Å². The first-order chi connectivity index (χ1) is 9.34. The van der Waals surface area contributed by atoms with Gasteiger partial charge in [0.15, 0.2) is 0 Å². The van der Waals surface area contributed by atoms with Gasteiger partial charge in [-0.3, -0.25) is 0 Å². The first-order valence-corrected chi connectivity index (χ1v) is 8.13. The highest BCUT2D eigenvalue weighted by molar-refractivity contribution is 5.77. The molecule has 1 saturated carbocycles. The quantitative estimate of drug-likeness (QED) is 0.846. The van der Waals surface area contributed by atoms with Crippen molar-refractivity contribution in [3.05, 3.63) is 0 Å². The van der Waals surface area contributed by atoms with Crippen molar-refractivity contribution in [1.29, 1.82) is 0 Å². The number of nitrogens with zero attached hydrogens (tertiary/aromatic N) is 2. The van der Waals surface area contributed by atoms with Crippen LogP contribution < -0.4 is 5.32 Å². The summed E-state index contributed by atoms with van der Waals surface area (Å²) >= 11 is 0. The van der Waals surface area contributed by atoms with E-state index < -0.39 is 0 Å². The summed E-state index contributed by atoms with van der Waals surface area (Å²) in [7, 11) is 0. The molecule has 2 heterocycles. The van der Waals surface area contributed by atoms with Crippen LogP contribution in [0.5, 0.6) is 0 Å². The van der Waals surface area contributed by atoms with E-state index >= 15 is 0 Å². The average molecular weight is 265 g/mol. The molecule has 1 aliphatic carbocycles. The van der Waals surface area contributed by atoms with Crippen LogP contribution in [0.1, 0.15) is 51.4 Å². The van der Waals surface area contributed by atoms with Gasteiger partial charge in [-0.25, -0.2) is 4.79 Å². The van der Waals surface area contributed by atoms with Gasteiger partial charge in [0.25, 0.3) is 0 Å². The van der Waals surface area contributed by atoms with Crippen LogP contribution in [0.3, 0.4) is 0 Å². The molecule has 2 aliphatic heterocycles. The summed E-state index contributed by atoms with van der Waals surface area (Å²) in [5.74, 6) is 0. The maximum absolute atomic E-state index is 12.2. The number of rotatable bonds is 4. The molecular formula is C15H27N3O. The fourth-order valence-corrected chi connectivity index (χ4v) is 3.85. The van der Waals surface area contributed by atoms with Gasteiger partial charge in [0.05, 0.1) is 6.04 Å². The van der Waals surface area contributed by atoms with E-state index in [0.29, 0.717) is 12.1 Å². The molecule has 19 heavy (non-hydrogen) atoms. The summed E-state index contributed by atoms with van der Waals surface area (Å²) in [5, 5.41) is 3.64. The van der Waals surface area contributed by atoms with Crippen LogP contribution in [0.2, 0.25) is 0 Å². The van der Waals surface area contributed by atoms with E-state index in [9.17, 15) is 4.79 Å². The molecule has 1 unspecified atom stereocenters.